The minimum atomic E-state index is -0.837. The van der Waals surface area contributed by atoms with Gasteiger partial charge in [0.05, 0.1) is 36.1 Å². The SMILES string of the molecule is CCOC(=O)C1=C(C)N=c2s/c(=C\c3ccc(OCc4ccc(F)cc4)cc3)c(=O)n2C1c1cccc(OC)c1OCC. The first-order chi connectivity index (χ1) is 20.8. The van der Waals surface area contributed by atoms with Gasteiger partial charge in [0.2, 0.25) is 0 Å². The summed E-state index contributed by atoms with van der Waals surface area (Å²) in [5.74, 6) is 0.722. The molecule has 1 atom stereocenters. The highest BCUT2D eigenvalue weighted by Crippen LogP contribution is 2.40. The van der Waals surface area contributed by atoms with Crippen molar-refractivity contribution < 1.29 is 28.1 Å². The molecule has 0 N–H and O–H groups in total. The van der Waals surface area contributed by atoms with Crippen molar-refractivity contribution in [3.8, 4) is 17.2 Å². The number of thiazole rings is 1. The number of carbonyl (C=O) groups is 1. The Morgan fingerprint density at radius 1 is 1.02 bits per heavy atom. The van der Waals surface area contributed by atoms with Gasteiger partial charge in [-0.3, -0.25) is 9.36 Å². The second kappa shape index (κ2) is 13.1. The minimum Gasteiger partial charge on any atom is -0.493 e. The van der Waals surface area contributed by atoms with Gasteiger partial charge in [-0.1, -0.05) is 47.7 Å². The number of hydrogen-bond donors (Lipinski definition) is 0. The number of ether oxygens (including phenoxy) is 4. The van der Waals surface area contributed by atoms with Crippen LogP contribution in [0.25, 0.3) is 6.08 Å². The van der Waals surface area contributed by atoms with Crippen LogP contribution in [0.1, 0.15) is 43.5 Å². The molecule has 1 aromatic heterocycles. The van der Waals surface area contributed by atoms with Crippen molar-refractivity contribution in [3.05, 3.63) is 120 Å². The van der Waals surface area contributed by atoms with Crippen LogP contribution in [0.4, 0.5) is 4.39 Å². The molecule has 0 amide bonds. The van der Waals surface area contributed by atoms with Crippen molar-refractivity contribution in [2.24, 2.45) is 4.99 Å². The summed E-state index contributed by atoms with van der Waals surface area (Å²) in [7, 11) is 1.54. The predicted molar refractivity (Wildman–Crippen MR) is 162 cm³/mol. The molecule has 0 aliphatic carbocycles. The third-order valence-corrected chi connectivity index (χ3v) is 7.81. The van der Waals surface area contributed by atoms with E-state index in [2.05, 4.69) is 4.99 Å². The van der Waals surface area contributed by atoms with Crippen LogP contribution in [-0.4, -0.2) is 30.9 Å². The van der Waals surface area contributed by atoms with Crippen LogP contribution in [0, 0.1) is 5.82 Å². The summed E-state index contributed by atoms with van der Waals surface area (Å²) >= 11 is 1.24. The van der Waals surface area contributed by atoms with Crippen LogP contribution < -0.4 is 29.1 Å². The molecule has 10 heteroatoms. The molecule has 0 radical (unpaired) electrons. The van der Waals surface area contributed by atoms with Crippen LogP contribution in [-0.2, 0) is 16.1 Å². The van der Waals surface area contributed by atoms with Gasteiger partial charge in [0, 0.05) is 5.56 Å². The first kappa shape index (κ1) is 29.8. The van der Waals surface area contributed by atoms with E-state index < -0.39 is 12.0 Å². The van der Waals surface area contributed by atoms with E-state index in [4.69, 9.17) is 18.9 Å². The Morgan fingerprint density at radius 2 is 1.77 bits per heavy atom. The Bertz CT molecular complexity index is 1840. The predicted octanol–water partition coefficient (Wildman–Crippen LogP) is 4.92. The lowest BCUT2D eigenvalue weighted by Crippen LogP contribution is -2.40. The molecular formula is C33H31FN2O6S. The van der Waals surface area contributed by atoms with Crippen molar-refractivity contribution in [1.29, 1.82) is 0 Å². The van der Waals surface area contributed by atoms with Gasteiger partial charge in [-0.15, -0.1) is 0 Å². The fourth-order valence-corrected chi connectivity index (χ4v) is 5.90. The standard InChI is InChI=1S/C33H31FN2O6S/c1-5-40-30-25(8-7-9-26(30)39-4)29-28(32(38)41-6-2)20(3)35-33-36(29)31(37)27(43-33)18-21-12-16-24(17-13-21)42-19-22-10-14-23(34)15-11-22/h7-18,29H,5-6,19H2,1-4H3/b27-18-. The molecule has 0 spiro atoms. The molecule has 43 heavy (non-hydrogen) atoms. The van der Waals surface area contributed by atoms with Crippen molar-refractivity contribution >= 4 is 23.4 Å². The molecule has 1 aliphatic heterocycles. The van der Waals surface area contributed by atoms with Gasteiger partial charge in [0.25, 0.3) is 5.56 Å². The lowest BCUT2D eigenvalue weighted by Gasteiger charge is -2.26. The summed E-state index contributed by atoms with van der Waals surface area (Å²) in [6.07, 6.45) is 1.78. The number of methoxy groups -OCH3 is 1. The van der Waals surface area contributed by atoms with Crippen LogP contribution in [0.15, 0.2) is 87.8 Å². The summed E-state index contributed by atoms with van der Waals surface area (Å²) in [6, 6.07) is 18.0. The lowest BCUT2D eigenvalue weighted by molar-refractivity contribution is -0.139. The summed E-state index contributed by atoms with van der Waals surface area (Å²) in [6.45, 7) is 6.15. The molecule has 0 fully saturated rings. The van der Waals surface area contributed by atoms with E-state index in [-0.39, 0.29) is 23.6 Å². The summed E-state index contributed by atoms with van der Waals surface area (Å²) in [5, 5.41) is 0. The third kappa shape index (κ3) is 6.24. The third-order valence-electron chi connectivity index (χ3n) is 6.83. The van der Waals surface area contributed by atoms with Crippen molar-refractivity contribution in [1.82, 2.24) is 4.57 Å². The van der Waals surface area contributed by atoms with Gasteiger partial charge in [-0.25, -0.2) is 14.2 Å². The molecule has 0 bridgehead atoms. The first-order valence-corrected chi connectivity index (χ1v) is 14.6. The Labute approximate surface area is 252 Å². The number of para-hydroxylation sites is 1. The number of aromatic nitrogens is 1. The number of fused-ring (bicyclic) bond motifs is 1. The highest BCUT2D eigenvalue weighted by Gasteiger charge is 2.36. The number of allylic oxidation sites excluding steroid dienone is 1. The molecular weight excluding hydrogens is 571 g/mol. The molecule has 0 saturated heterocycles. The summed E-state index contributed by atoms with van der Waals surface area (Å²) in [5.41, 5.74) is 2.65. The van der Waals surface area contributed by atoms with Gasteiger partial charge in [-0.2, -0.15) is 0 Å². The van der Waals surface area contributed by atoms with Crippen LogP contribution in [0.2, 0.25) is 0 Å². The molecule has 0 saturated carbocycles. The average Bonchev–Trinajstić information content (AvgIpc) is 3.31. The van der Waals surface area contributed by atoms with Gasteiger partial charge >= 0.3 is 5.97 Å². The number of hydrogen-bond acceptors (Lipinski definition) is 8. The summed E-state index contributed by atoms with van der Waals surface area (Å²) in [4.78, 5) is 32.4. The van der Waals surface area contributed by atoms with E-state index >= 15 is 0 Å². The zero-order valence-electron chi connectivity index (χ0n) is 24.3. The van der Waals surface area contributed by atoms with Gasteiger partial charge in [0.15, 0.2) is 16.3 Å². The maximum Gasteiger partial charge on any atom is 0.338 e. The fourth-order valence-electron chi connectivity index (χ4n) is 4.85. The lowest BCUT2D eigenvalue weighted by atomic mass is 9.94. The van der Waals surface area contributed by atoms with E-state index in [1.807, 2.05) is 37.3 Å². The normalized spacial score (nSPS) is 14.6. The maximum atomic E-state index is 14.0. The Morgan fingerprint density at radius 3 is 2.44 bits per heavy atom. The molecule has 1 unspecified atom stereocenters. The van der Waals surface area contributed by atoms with Crippen molar-refractivity contribution in [2.45, 2.75) is 33.4 Å². The van der Waals surface area contributed by atoms with E-state index in [0.717, 1.165) is 11.1 Å². The zero-order chi connectivity index (χ0) is 30.5. The monoisotopic (exact) mass is 602 g/mol. The van der Waals surface area contributed by atoms with E-state index in [9.17, 15) is 14.0 Å². The van der Waals surface area contributed by atoms with Gasteiger partial charge in [0.1, 0.15) is 24.2 Å². The zero-order valence-corrected chi connectivity index (χ0v) is 25.1. The Kier molecular flexibility index (Phi) is 9.06. The summed E-state index contributed by atoms with van der Waals surface area (Å²) < 4.78 is 37.9. The maximum absolute atomic E-state index is 14.0. The minimum absolute atomic E-state index is 0.173. The molecule has 1 aliphatic rings. The Balaban J connectivity index is 1.55. The van der Waals surface area contributed by atoms with Crippen LogP contribution >= 0.6 is 11.3 Å². The molecule has 3 aromatic carbocycles. The van der Waals surface area contributed by atoms with Crippen LogP contribution in [0.5, 0.6) is 17.2 Å². The van der Waals surface area contributed by atoms with E-state index in [0.29, 0.717) is 51.1 Å². The Hall–Kier alpha value is -4.70. The van der Waals surface area contributed by atoms with E-state index in [1.54, 1.807) is 51.3 Å². The topological polar surface area (TPSA) is 88.4 Å². The average molecular weight is 603 g/mol. The number of esters is 1. The molecule has 5 rings (SSSR count). The van der Waals surface area contributed by atoms with Crippen molar-refractivity contribution in [3.63, 3.8) is 0 Å². The number of carbonyl (C=O) groups excluding carboxylic acids is 1. The highest BCUT2D eigenvalue weighted by molar-refractivity contribution is 7.07. The quantitative estimate of drug-likeness (QED) is 0.240. The number of benzene rings is 3. The molecule has 2 heterocycles. The fraction of sp³-hybridized carbons (Fsp3) is 0.242. The second-order valence-corrected chi connectivity index (χ2v) is 10.6. The highest BCUT2D eigenvalue weighted by atomic mass is 32.1. The number of nitrogens with zero attached hydrogens (tertiary/aromatic N) is 2. The molecule has 4 aromatic rings. The number of halogens is 1. The smallest absolute Gasteiger partial charge is 0.338 e. The van der Waals surface area contributed by atoms with Gasteiger partial charge in [-0.05, 0) is 68.3 Å². The number of rotatable bonds is 10. The largest absolute Gasteiger partial charge is 0.493 e. The van der Waals surface area contributed by atoms with E-state index in [1.165, 1.54) is 28.0 Å². The molecule has 8 nitrogen and oxygen atoms in total. The van der Waals surface area contributed by atoms with Crippen LogP contribution in [0.3, 0.4) is 0 Å². The molecule has 222 valence electrons. The first-order valence-electron chi connectivity index (χ1n) is 13.8. The van der Waals surface area contributed by atoms with Gasteiger partial charge < -0.3 is 18.9 Å². The van der Waals surface area contributed by atoms with Crippen molar-refractivity contribution in [2.75, 3.05) is 20.3 Å². The second-order valence-electron chi connectivity index (χ2n) is 9.60.